The Bertz CT molecular complexity index is 712. The smallest absolute Gasteiger partial charge is 0.227 e. The van der Waals surface area contributed by atoms with Crippen LogP contribution in [0.3, 0.4) is 0 Å². The summed E-state index contributed by atoms with van der Waals surface area (Å²) in [4.78, 5) is 20.8. The number of piperidine rings is 1. The Hall–Kier alpha value is -2.14. The van der Waals surface area contributed by atoms with Crippen molar-refractivity contribution in [1.82, 2.24) is 9.88 Å². The number of nitrogens with zero attached hydrogens (tertiary/aromatic N) is 3. The number of rotatable bonds is 4. The molecular formula is C19H21ClFN3O. The first-order valence-corrected chi connectivity index (χ1v) is 8.78. The highest BCUT2D eigenvalue weighted by Crippen LogP contribution is 2.23. The fourth-order valence-electron chi connectivity index (χ4n) is 3.22. The van der Waals surface area contributed by atoms with Crippen molar-refractivity contribution in [2.75, 3.05) is 25.0 Å². The monoisotopic (exact) mass is 361 g/mol. The minimum Gasteiger partial charge on any atom is -0.357 e. The normalized spacial score (nSPS) is 15.2. The number of halogens is 2. The molecule has 0 spiro atoms. The van der Waals surface area contributed by atoms with Crippen LogP contribution in [-0.4, -0.2) is 42.0 Å². The summed E-state index contributed by atoms with van der Waals surface area (Å²) in [7, 11) is 2.03. The van der Waals surface area contributed by atoms with Gasteiger partial charge in [-0.3, -0.25) is 4.79 Å². The number of pyridine rings is 1. The first kappa shape index (κ1) is 17.7. The molecule has 6 heteroatoms. The molecule has 1 saturated heterocycles. The zero-order chi connectivity index (χ0) is 17.8. The van der Waals surface area contributed by atoms with Crippen LogP contribution in [0.15, 0.2) is 42.6 Å². The Kier molecular flexibility index (Phi) is 5.53. The largest absolute Gasteiger partial charge is 0.357 e. The van der Waals surface area contributed by atoms with E-state index in [0.717, 1.165) is 18.7 Å². The van der Waals surface area contributed by atoms with Gasteiger partial charge in [-0.1, -0.05) is 23.7 Å². The van der Waals surface area contributed by atoms with Crippen LogP contribution in [0, 0.1) is 5.82 Å². The molecule has 1 aromatic heterocycles. The summed E-state index contributed by atoms with van der Waals surface area (Å²) in [5.74, 6) is 0.432. The van der Waals surface area contributed by atoms with Crippen LogP contribution in [0.5, 0.6) is 0 Å². The zero-order valence-corrected chi connectivity index (χ0v) is 14.9. The van der Waals surface area contributed by atoms with E-state index in [2.05, 4.69) is 9.88 Å². The van der Waals surface area contributed by atoms with Gasteiger partial charge in [0.05, 0.1) is 6.42 Å². The lowest BCUT2D eigenvalue weighted by atomic mass is 10.0. The number of amides is 1. The van der Waals surface area contributed by atoms with Crippen LogP contribution in [0.25, 0.3) is 0 Å². The van der Waals surface area contributed by atoms with Gasteiger partial charge in [0.1, 0.15) is 11.6 Å². The third-order valence-corrected chi connectivity index (χ3v) is 5.12. The van der Waals surface area contributed by atoms with E-state index < -0.39 is 5.82 Å². The quantitative estimate of drug-likeness (QED) is 0.835. The molecule has 0 atom stereocenters. The van der Waals surface area contributed by atoms with E-state index in [1.54, 1.807) is 23.2 Å². The molecule has 1 aromatic carbocycles. The van der Waals surface area contributed by atoms with Gasteiger partial charge < -0.3 is 9.80 Å². The Balaban J connectivity index is 1.58. The summed E-state index contributed by atoms with van der Waals surface area (Å²) in [5, 5.41) is 0.304. The summed E-state index contributed by atoms with van der Waals surface area (Å²) in [5.41, 5.74) is 0.280. The molecule has 3 rings (SSSR count). The molecule has 1 fully saturated rings. The van der Waals surface area contributed by atoms with Gasteiger partial charge in [-0.05, 0) is 37.1 Å². The molecule has 2 aromatic rings. The van der Waals surface area contributed by atoms with E-state index in [4.69, 9.17) is 11.6 Å². The van der Waals surface area contributed by atoms with E-state index >= 15 is 0 Å². The van der Waals surface area contributed by atoms with Gasteiger partial charge in [0.15, 0.2) is 0 Å². The van der Waals surface area contributed by atoms with E-state index in [0.29, 0.717) is 24.2 Å². The van der Waals surface area contributed by atoms with Crippen molar-refractivity contribution in [3.8, 4) is 0 Å². The van der Waals surface area contributed by atoms with E-state index in [1.165, 1.54) is 6.07 Å². The van der Waals surface area contributed by atoms with Crippen LogP contribution < -0.4 is 4.90 Å². The number of carbonyl (C=O) groups excluding carboxylic acids is 1. The predicted octanol–water partition coefficient (Wildman–Crippen LogP) is 3.54. The lowest BCUT2D eigenvalue weighted by Crippen LogP contribution is -2.46. The summed E-state index contributed by atoms with van der Waals surface area (Å²) in [6, 6.07) is 10.7. The molecule has 2 heterocycles. The van der Waals surface area contributed by atoms with Crippen molar-refractivity contribution in [2.24, 2.45) is 0 Å². The highest BCUT2D eigenvalue weighted by molar-refractivity contribution is 6.31. The molecule has 0 radical (unpaired) electrons. The maximum absolute atomic E-state index is 13.9. The van der Waals surface area contributed by atoms with Crippen LogP contribution >= 0.6 is 11.6 Å². The topological polar surface area (TPSA) is 36.4 Å². The summed E-state index contributed by atoms with van der Waals surface area (Å²) >= 11 is 6.02. The van der Waals surface area contributed by atoms with Gasteiger partial charge in [-0.2, -0.15) is 0 Å². The van der Waals surface area contributed by atoms with E-state index in [-0.39, 0.29) is 17.9 Å². The van der Waals surface area contributed by atoms with Crippen molar-refractivity contribution in [3.63, 3.8) is 0 Å². The molecule has 0 saturated carbocycles. The third-order valence-electron chi connectivity index (χ3n) is 4.77. The van der Waals surface area contributed by atoms with Gasteiger partial charge >= 0.3 is 0 Å². The Morgan fingerprint density at radius 1 is 1.28 bits per heavy atom. The maximum atomic E-state index is 13.9. The second-order valence-corrected chi connectivity index (χ2v) is 6.69. The Morgan fingerprint density at radius 3 is 2.68 bits per heavy atom. The number of anilines is 1. The highest BCUT2D eigenvalue weighted by atomic mass is 35.5. The molecule has 0 N–H and O–H groups in total. The van der Waals surface area contributed by atoms with Gasteiger partial charge in [0, 0.05) is 43.0 Å². The van der Waals surface area contributed by atoms with Crippen molar-refractivity contribution in [1.29, 1.82) is 0 Å². The number of benzene rings is 1. The number of hydrogen-bond donors (Lipinski definition) is 0. The first-order valence-electron chi connectivity index (χ1n) is 8.41. The number of hydrogen-bond acceptors (Lipinski definition) is 3. The Labute approximate surface area is 152 Å². The highest BCUT2D eigenvalue weighted by Gasteiger charge is 2.26. The van der Waals surface area contributed by atoms with Crippen molar-refractivity contribution in [2.45, 2.75) is 25.3 Å². The molecule has 1 amide bonds. The maximum Gasteiger partial charge on any atom is 0.227 e. The van der Waals surface area contributed by atoms with Gasteiger partial charge in [0.25, 0.3) is 0 Å². The summed E-state index contributed by atoms with van der Waals surface area (Å²) in [6.07, 6.45) is 3.52. The predicted molar refractivity (Wildman–Crippen MR) is 97.4 cm³/mol. The van der Waals surface area contributed by atoms with Crippen LogP contribution in [0.1, 0.15) is 18.4 Å². The fraction of sp³-hybridized carbons (Fsp3) is 0.368. The SMILES string of the molecule is CN(c1ccccn1)C1CCN(C(=O)Cc2c(F)cccc2Cl)CC1. The van der Waals surface area contributed by atoms with Crippen LogP contribution in [0.4, 0.5) is 10.2 Å². The fourth-order valence-corrected chi connectivity index (χ4v) is 3.45. The second-order valence-electron chi connectivity index (χ2n) is 6.29. The van der Waals surface area contributed by atoms with Gasteiger partial charge in [-0.25, -0.2) is 9.37 Å². The molecule has 132 valence electrons. The lowest BCUT2D eigenvalue weighted by Gasteiger charge is -2.37. The zero-order valence-electron chi connectivity index (χ0n) is 14.2. The van der Waals surface area contributed by atoms with Crippen molar-refractivity contribution >= 4 is 23.3 Å². The second kappa shape index (κ2) is 7.83. The standard InChI is InChI=1S/C19H21ClFN3O/c1-23(18-7-2-3-10-22-18)14-8-11-24(12-9-14)19(25)13-15-16(20)5-4-6-17(15)21/h2-7,10,14H,8-9,11-13H2,1H3. The molecule has 0 bridgehead atoms. The molecule has 0 unspecified atom stereocenters. The van der Waals surface area contributed by atoms with Crippen molar-refractivity contribution < 1.29 is 9.18 Å². The minimum absolute atomic E-state index is 0.00620. The molecule has 25 heavy (non-hydrogen) atoms. The molecular weight excluding hydrogens is 341 g/mol. The average Bonchev–Trinajstić information content (AvgIpc) is 2.65. The van der Waals surface area contributed by atoms with Crippen LogP contribution in [0.2, 0.25) is 5.02 Å². The molecule has 1 aliphatic rings. The van der Waals surface area contributed by atoms with E-state index in [1.807, 2.05) is 25.2 Å². The van der Waals surface area contributed by atoms with Crippen LogP contribution in [-0.2, 0) is 11.2 Å². The number of aromatic nitrogens is 1. The third kappa shape index (κ3) is 4.10. The Morgan fingerprint density at radius 2 is 2.04 bits per heavy atom. The summed E-state index contributed by atoms with van der Waals surface area (Å²) < 4.78 is 13.9. The van der Waals surface area contributed by atoms with Gasteiger partial charge in [-0.15, -0.1) is 0 Å². The molecule has 1 aliphatic heterocycles. The molecule has 4 nitrogen and oxygen atoms in total. The minimum atomic E-state index is -0.425. The number of likely N-dealkylation sites (tertiary alicyclic amines) is 1. The van der Waals surface area contributed by atoms with Crippen molar-refractivity contribution in [3.05, 3.63) is 59.0 Å². The van der Waals surface area contributed by atoms with Gasteiger partial charge in [0.2, 0.25) is 5.91 Å². The number of carbonyl (C=O) groups is 1. The summed E-state index contributed by atoms with van der Waals surface area (Å²) in [6.45, 7) is 1.32. The average molecular weight is 362 g/mol. The molecule has 0 aliphatic carbocycles. The first-order chi connectivity index (χ1) is 12.1. The van der Waals surface area contributed by atoms with E-state index in [9.17, 15) is 9.18 Å². The lowest BCUT2D eigenvalue weighted by molar-refractivity contribution is -0.131.